The number of nitrogens with zero attached hydrogens (tertiary/aromatic N) is 3. The standard InChI is InChI=1S/C13H17N3O/c1-17-13-7-5-12(6-8-13)4-2-3-9-16-11-14-10-15-16/h5-8,10-11H,2-4,9H2,1H3. The average molecular weight is 231 g/mol. The summed E-state index contributed by atoms with van der Waals surface area (Å²) in [6.45, 7) is 0.941. The van der Waals surface area contributed by atoms with Crippen LogP contribution in [0.4, 0.5) is 0 Å². The van der Waals surface area contributed by atoms with E-state index in [0.29, 0.717) is 0 Å². The third-order valence-corrected chi connectivity index (χ3v) is 2.73. The van der Waals surface area contributed by atoms with Crippen molar-refractivity contribution in [3.05, 3.63) is 42.5 Å². The van der Waals surface area contributed by atoms with Crippen molar-refractivity contribution in [3.8, 4) is 5.75 Å². The number of rotatable bonds is 6. The first kappa shape index (κ1) is 11.6. The van der Waals surface area contributed by atoms with Crippen molar-refractivity contribution in [2.45, 2.75) is 25.8 Å². The van der Waals surface area contributed by atoms with Crippen LogP contribution in [0, 0.1) is 0 Å². The summed E-state index contributed by atoms with van der Waals surface area (Å²) in [6.07, 6.45) is 6.71. The molecule has 0 aliphatic carbocycles. The molecule has 0 atom stereocenters. The van der Waals surface area contributed by atoms with Crippen LogP contribution in [0.2, 0.25) is 0 Å². The highest BCUT2D eigenvalue weighted by atomic mass is 16.5. The highest BCUT2D eigenvalue weighted by molar-refractivity contribution is 5.27. The first-order chi connectivity index (χ1) is 8.38. The van der Waals surface area contributed by atoms with Gasteiger partial charge in [0.25, 0.3) is 0 Å². The molecule has 0 N–H and O–H groups in total. The van der Waals surface area contributed by atoms with E-state index in [9.17, 15) is 0 Å². The van der Waals surface area contributed by atoms with E-state index in [1.165, 1.54) is 5.56 Å². The van der Waals surface area contributed by atoms with Gasteiger partial charge in [-0.05, 0) is 37.0 Å². The van der Waals surface area contributed by atoms with Gasteiger partial charge in [0.15, 0.2) is 0 Å². The molecule has 0 amide bonds. The topological polar surface area (TPSA) is 39.9 Å². The Labute approximate surface area is 101 Å². The fraction of sp³-hybridized carbons (Fsp3) is 0.385. The lowest BCUT2D eigenvalue weighted by atomic mass is 10.1. The van der Waals surface area contributed by atoms with E-state index in [1.807, 2.05) is 16.8 Å². The molecule has 0 spiro atoms. The fourth-order valence-electron chi connectivity index (χ4n) is 1.74. The summed E-state index contributed by atoms with van der Waals surface area (Å²) in [5.74, 6) is 0.913. The van der Waals surface area contributed by atoms with Crippen molar-refractivity contribution >= 4 is 0 Å². The maximum Gasteiger partial charge on any atom is 0.137 e. The van der Waals surface area contributed by atoms with Crippen LogP contribution in [0.25, 0.3) is 0 Å². The lowest BCUT2D eigenvalue weighted by Gasteiger charge is -2.03. The number of unbranched alkanes of at least 4 members (excludes halogenated alkanes) is 1. The van der Waals surface area contributed by atoms with Crippen LogP contribution in [0.1, 0.15) is 18.4 Å². The molecule has 0 aliphatic rings. The Hall–Kier alpha value is -1.84. The molecule has 0 unspecified atom stereocenters. The van der Waals surface area contributed by atoms with Crippen molar-refractivity contribution in [2.24, 2.45) is 0 Å². The van der Waals surface area contributed by atoms with E-state index >= 15 is 0 Å². The lowest BCUT2D eigenvalue weighted by Crippen LogP contribution is -1.98. The molecule has 17 heavy (non-hydrogen) atoms. The minimum absolute atomic E-state index is 0.913. The third-order valence-electron chi connectivity index (χ3n) is 2.73. The summed E-state index contributed by atoms with van der Waals surface area (Å²) in [7, 11) is 1.69. The Morgan fingerprint density at radius 2 is 2.00 bits per heavy atom. The van der Waals surface area contributed by atoms with Crippen molar-refractivity contribution in [2.75, 3.05) is 7.11 Å². The van der Waals surface area contributed by atoms with Gasteiger partial charge >= 0.3 is 0 Å². The Morgan fingerprint density at radius 3 is 2.65 bits per heavy atom. The Balaban J connectivity index is 1.70. The van der Waals surface area contributed by atoms with E-state index in [2.05, 4.69) is 22.2 Å². The van der Waals surface area contributed by atoms with Crippen LogP contribution in [-0.2, 0) is 13.0 Å². The molecule has 1 heterocycles. The number of ether oxygens (including phenoxy) is 1. The number of hydrogen-bond acceptors (Lipinski definition) is 3. The van der Waals surface area contributed by atoms with Gasteiger partial charge in [0.2, 0.25) is 0 Å². The highest BCUT2D eigenvalue weighted by Gasteiger charge is 1.96. The second kappa shape index (κ2) is 6.03. The normalized spacial score (nSPS) is 10.4. The number of aryl methyl sites for hydroxylation is 2. The van der Waals surface area contributed by atoms with Crippen molar-refractivity contribution in [1.82, 2.24) is 14.8 Å². The van der Waals surface area contributed by atoms with Gasteiger partial charge in [-0.15, -0.1) is 0 Å². The minimum Gasteiger partial charge on any atom is -0.497 e. The predicted octanol–water partition coefficient (Wildman–Crippen LogP) is 2.31. The summed E-state index contributed by atoms with van der Waals surface area (Å²) in [5, 5.41) is 4.07. The summed E-state index contributed by atoms with van der Waals surface area (Å²) in [4.78, 5) is 3.92. The molecule has 0 fully saturated rings. The van der Waals surface area contributed by atoms with Crippen molar-refractivity contribution < 1.29 is 4.74 Å². The molecule has 90 valence electrons. The molecular formula is C13H17N3O. The largest absolute Gasteiger partial charge is 0.497 e. The van der Waals surface area contributed by atoms with Gasteiger partial charge in [-0.25, -0.2) is 4.98 Å². The van der Waals surface area contributed by atoms with Crippen LogP contribution in [0.3, 0.4) is 0 Å². The van der Waals surface area contributed by atoms with Gasteiger partial charge in [-0.2, -0.15) is 5.10 Å². The van der Waals surface area contributed by atoms with Crippen LogP contribution in [0.5, 0.6) is 5.75 Å². The smallest absolute Gasteiger partial charge is 0.137 e. The third kappa shape index (κ3) is 3.59. The molecular weight excluding hydrogens is 214 g/mol. The number of methoxy groups -OCH3 is 1. The fourth-order valence-corrected chi connectivity index (χ4v) is 1.74. The summed E-state index contributed by atoms with van der Waals surface area (Å²) < 4.78 is 6.99. The maximum atomic E-state index is 5.13. The summed E-state index contributed by atoms with van der Waals surface area (Å²) in [6, 6.07) is 8.25. The van der Waals surface area contributed by atoms with E-state index in [1.54, 1.807) is 19.8 Å². The van der Waals surface area contributed by atoms with Gasteiger partial charge in [-0.1, -0.05) is 12.1 Å². The first-order valence-electron chi connectivity index (χ1n) is 5.84. The molecule has 1 aromatic heterocycles. The monoisotopic (exact) mass is 231 g/mol. The van der Waals surface area contributed by atoms with Gasteiger partial charge in [0.1, 0.15) is 18.4 Å². The quantitative estimate of drug-likeness (QED) is 0.716. The van der Waals surface area contributed by atoms with Gasteiger partial charge in [0.05, 0.1) is 7.11 Å². The maximum absolute atomic E-state index is 5.13. The van der Waals surface area contributed by atoms with E-state index in [-0.39, 0.29) is 0 Å². The number of benzene rings is 1. The lowest BCUT2D eigenvalue weighted by molar-refractivity contribution is 0.414. The van der Waals surface area contributed by atoms with Gasteiger partial charge in [-0.3, -0.25) is 4.68 Å². The molecule has 4 heteroatoms. The first-order valence-corrected chi connectivity index (χ1v) is 5.84. The number of hydrogen-bond donors (Lipinski definition) is 0. The zero-order valence-corrected chi connectivity index (χ0v) is 10.0. The molecule has 0 radical (unpaired) electrons. The second-order valence-electron chi connectivity index (χ2n) is 3.96. The summed E-state index contributed by atoms with van der Waals surface area (Å²) >= 11 is 0. The van der Waals surface area contributed by atoms with E-state index in [4.69, 9.17) is 4.74 Å². The molecule has 0 bridgehead atoms. The van der Waals surface area contributed by atoms with Crippen LogP contribution in [0.15, 0.2) is 36.9 Å². The SMILES string of the molecule is COc1ccc(CCCCn2cncn2)cc1. The molecule has 1 aromatic carbocycles. The molecule has 0 saturated heterocycles. The predicted molar refractivity (Wildman–Crippen MR) is 66.0 cm³/mol. The molecule has 2 aromatic rings. The Bertz CT molecular complexity index is 422. The average Bonchev–Trinajstić information content (AvgIpc) is 2.88. The molecule has 2 rings (SSSR count). The zero-order valence-electron chi connectivity index (χ0n) is 10.0. The Morgan fingerprint density at radius 1 is 1.18 bits per heavy atom. The molecule has 4 nitrogen and oxygen atoms in total. The van der Waals surface area contributed by atoms with Crippen LogP contribution < -0.4 is 4.74 Å². The van der Waals surface area contributed by atoms with Crippen molar-refractivity contribution in [1.29, 1.82) is 0 Å². The Kier molecular flexibility index (Phi) is 4.13. The summed E-state index contributed by atoms with van der Waals surface area (Å²) in [5.41, 5.74) is 1.35. The second-order valence-corrected chi connectivity index (χ2v) is 3.96. The van der Waals surface area contributed by atoms with E-state index in [0.717, 1.165) is 31.6 Å². The highest BCUT2D eigenvalue weighted by Crippen LogP contribution is 2.13. The molecule has 0 saturated carbocycles. The van der Waals surface area contributed by atoms with Crippen LogP contribution >= 0.6 is 0 Å². The molecule has 0 aliphatic heterocycles. The van der Waals surface area contributed by atoms with E-state index < -0.39 is 0 Å². The van der Waals surface area contributed by atoms with Gasteiger partial charge < -0.3 is 4.74 Å². The minimum atomic E-state index is 0.913. The van der Waals surface area contributed by atoms with Gasteiger partial charge in [0, 0.05) is 6.54 Å². The number of aromatic nitrogens is 3. The van der Waals surface area contributed by atoms with Crippen molar-refractivity contribution in [3.63, 3.8) is 0 Å². The zero-order chi connectivity index (χ0) is 11.9. The van der Waals surface area contributed by atoms with Crippen LogP contribution in [-0.4, -0.2) is 21.9 Å².